The SMILES string of the molecule is C[C@H](O)CN(C)c1ccncc1Cl. The molecule has 3 nitrogen and oxygen atoms in total. The molecule has 0 spiro atoms. The van der Waals surface area contributed by atoms with Gasteiger partial charge in [0.25, 0.3) is 0 Å². The largest absolute Gasteiger partial charge is 0.392 e. The summed E-state index contributed by atoms with van der Waals surface area (Å²) in [7, 11) is 1.88. The normalized spacial score (nSPS) is 12.6. The quantitative estimate of drug-likeness (QED) is 0.805. The molecule has 0 saturated carbocycles. The molecule has 0 aliphatic heterocycles. The van der Waals surface area contributed by atoms with Crippen LogP contribution in [0.3, 0.4) is 0 Å². The zero-order valence-electron chi connectivity index (χ0n) is 7.74. The van der Waals surface area contributed by atoms with Gasteiger partial charge in [0.1, 0.15) is 0 Å². The van der Waals surface area contributed by atoms with E-state index >= 15 is 0 Å². The second-order valence-corrected chi connectivity index (χ2v) is 3.46. The van der Waals surface area contributed by atoms with E-state index in [0.29, 0.717) is 11.6 Å². The summed E-state index contributed by atoms with van der Waals surface area (Å²) in [5, 5.41) is 9.78. The summed E-state index contributed by atoms with van der Waals surface area (Å²) < 4.78 is 0. The lowest BCUT2D eigenvalue weighted by molar-refractivity contribution is 0.201. The number of hydrogen-bond acceptors (Lipinski definition) is 3. The number of likely N-dealkylation sites (N-methyl/N-ethyl adjacent to an activating group) is 1. The predicted molar refractivity (Wildman–Crippen MR) is 54.2 cm³/mol. The number of halogens is 1. The molecule has 0 unspecified atom stereocenters. The molecular weight excluding hydrogens is 188 g/mol. The molecule has 1 heterocycles. The Balaban J connectivity index is 2.76. The minimum atomic E-state index is -0.366. The van der Waals surface area contributed by atoms with Gasteiger partial charge < -0.3 is 10.0 Å². The summed E-state index contributed by atoms with van der Waals surface area (Å²) in [5.74, 6) is 0. The van der Waals surface area contributed by atoms with Crippen LogP contribution in [0.4, 0.5) is 5.69 Å². The molecule has 0 amide bonds. The lowest BCUT2D eigenvalue weighted by Crippen LogP contribution is -2.27. The molecule has 1 aromatic heterocycles. The van der Waals surface area contributed by atoms with Gasteiger partial charge in [0.05, 0.1) is 16.8 Å². The fraction of sp³-hybridized carbons (Fsp3) is 0.444. The lowest BCUT2D eigenvalue weighted by atomic mass is 10.3. The molecule has 1 N–H and O–H groups in total. The highest BCUT2D eigenvalue weighted by molar-refractivity contribution is 6.33. The maximum atomic E-state index is 9.17. The van der Waals surface area contributed by atoms with Gasteiger partial charge in [-0.05, 0) is 13.0 Å². The maximum absolute atomic E-state index is 9.17. The third-order valence-corrected chi connectivity index (χ3v) is 1.99. The Morgan fingerprint density at radius 3 is 2.92 bits per heavy atom. The molecule has 1 rings (SSSR count). The van der Waals surface area contributed by atoms with Crippen LogP contribution in [0.1, 0.15) is 6.92 Å². The van der Waals surface area contributed by atoms with E-state index in [2.05, 4.69) is 4.98 Å². The molecule has 0 radical (unpaired) electrons. The van der Waals surface area contributed by atoms with E-state index in [0.717, 1.165) is 5.69 Å². The average Bonchev–Trinajstić information content (AvgIpc) is 2.03. The van der Waals surface area contributed by atoms with Gasteiger partial charge in [-0.1, -0.05) is 11.6 Å². The highest BCUT2D eigenvalue weighted by Crippen LogP contribution is 2.22. The summed E-state index contributed by atoms with van der Waals surface area (Å²) in [6.07, 6.45) is 2.91. The predicted octanol–water partition coefficient (Wildman–Crippen LogP) is 1.55. The van der Waals surface area contributed by atoms with Crippen molar-refractivity contribution in [2.24, 2.45) is 0 Å². The highest BCUT2D eigenvalue weighted by atomic mass is 35.5. The molecule has 0 aliphatic rings. The fourth-order valence-corrected chi connectivity index (χ4v) is 1.44. The van der Waals surface area contributed by atoms with Gasteiger partial charge >= 0.3 is 0 Å². The van der Waals surface area contributed by atoms with E-state index in [1.54, 1.807) is 19.3 Å². The van der Waals surface area contributed by atoms with E-state index < -0.39 is 0 Å². The van der Waals surface area contributed by atoms with Crippen molar-refractivity contribution < 1.29 is 5.11 Å². The van der Waals surface area contributed by atoms with Crippen molar-refractivity contribution in [1.82, 2.24) is 4.98 Å². The van der Waals surface area contributed by atoms with Crippen LogP contribution in [0, 0.1) is 0 Å². The van der Waals surface area contributed by atoms with E-state index in [4.69, 9.17) is 11.6 Å². The number of pyridine rings is 1. The summed E-state index contributed by atoms with van der Waals surface area (Å²) >= 11 is 5.92. The van der Waals surface area contributed by atoms with Crippen molar-refractivity contribution in [2.45, 2.75) is 13.0 Å². The van der Waals surface area contributed by atoms with Crippen molar-refractivity contribution >= 4 is 17.3 Å². The first kappa shape index (κ1) is 10.3. The molecule has 13 heavy (non-hydrogen) atoms. The topological polar surface area (TPSA) is 36.4 Å². The summed E-state index contributed by atoms with van der Waals surface area (Å²) in [6.45, 7) is 2.30. The van der Waals surface area contributed by atoms with Crippen LogP contribution in [-0.2, 0) is 0 Å². The first-order chi connectivity index (χ1) is 6.11. The molecule has 0 fully saturated rings. The number of anilines is 1. The van der Waals surface area contributed by atoms with Crippen LogP contribution in [0.5, 0.6) is 0 Å². The number of nitrogens with zero attached hydrogens (tertiary/aromatic N) is 2. The molecule has 0 aromatic carbocycles. The highest BCUT2D eigenvalue weighted by Gasteiger charge is 2.07. The smallest absolute Gasteiger partial charge is 0.0822 e. The minimum Gasteiger partial charge on any atom is -0.392 e. The van der Waals surface area contributed by atoms with Gasteiger partial charge in [0.2, 0.25) is 0 Å². The Kier molecular flexibility index (Phi) is 3.51. The van der Waals surface area contributed by atoms with Crippen LogP contribution in [0.2, 0.25) is 5.02 Å². The molecule has 1 atom stereocenters. The Morgan fingerprint density at radius 2 is 2.38 bits per heavy atom. The summed E-state index contributed by atoms with van der Waals surface area (Å²) in [5.41, 5.74) is 0.887. The first-order valence-electron chi connectivity index (χ1n) is 4.10. The number of aromatic nitrogens is 1. The standard InChI is InChI=1S/C9H13ClN2O/c1-7(13)6-12(2)9-3-4-11-5-8(9)10/h3-5,7,13H,6H2,1-2H3/t7-/m0/s1. The van der Waals surface area contributed by atoms with Crippen LogP contribution in [-0.4, -0.2) is 29.8 Å². The summed E-state index contributed by atoms with van der Waals surface area (Å²) in [4.78, 5) is 5.78. The molecule has 0 saturated heterocycles. The number of hydrogen-bond donors (Lipinski definition) is 1. The van der Waals surface area contributed by atoms with Crippen molar-refractivity contribution in [3.8, 4) is 0 Å². The molecule has 0 bridgehead atoms. The number of aliphatic hydroxyl groups is 1. The van der Waals surface area contributed by atoms with Gasteiger partial charge in [-0.25, -0.2) is 0 Å². The number of rotatable bonds is 3. The summed E-state index contributed by atoms with van der Waals surface area (Å²) in [6, 6.07) is 1.82. The Labute approximate surface area is 83.0 Å². The molecular formula is C9H13ClN2O. The molecule has 1 aromatic rings. The van der Waals surface area contributed by atoms with E-state index in [9.17, 15) is 5.11 Å². The molecule has 0 aliphatic carbocycles. The van der Waals surface area contributed by atoms with Crippen molar-refractivity contribution in [1.29, 1.82) is 0 Å². The van der Waals surface area contributed by atoms with Crippen LogP contribution in [0.25, 0.3) is 0 Å². The van der Waals surface area contributed by atoms with Gasteiger partial charge in [-0.15, -0.1) is 0 Å². The Bertz CT molecular complexity index is 278. The van der Waals surface area contributed by atoms with E-state index in [1.807, 2.05) is 18.0 Å². The second kappa shape index (κ2) is 4.44. The Hall–Kier alpha value is -0.800. The van der Waals surface area contributed by atoms with Crippen LogP contribution in [0.15, 0.2) is 18.5 Å². The molecule has 72 valence electrons. The maximum Gasteiger partial charge on any atom is 0.0822 e. The van der Waals surface area contributed by atoms with Gasteiger partial charge in [0, 0.05) is 26.0 Å². The zero-order valence-corrected chi connectivity index (χ0v) is 8.49. The zero-order chi connectivity index (χ0) is 9.84. The minimum absolute atomic E-state index is 0.366. The fourth-order valence-electron chi connectivity index (χ4n) is 1.17. The van der Waals surface area contributed by atoms with Gasteiger partial charge in [-0.3, -0.25) is 4.98 Å². The van der Waals surface area contributed by atoms with Crippen LogP contribution < -0.4 is 4.90 Å². The van der Waals surface area contributed by atoms with Crippen molar-refractivity contribution in [3.63, 3.8) is 0 Å². The number of aliphatic hydroxyl groups excluding tert-OH is 1. The van der Waals surface area contributed by atoms with Gasteiger partial charge in [0.15, 0.2) is 0 Å². The third kappa shape index (κ3) is 2.86. The monoisotopic (exact) mass is 200 g/mol. The first-order valence-corrected chi connectivity index (χ1v) is 4.47. The molecule has 4 heteroatoms. The Morgan fingerprint density at radius 1 is 1.69 bits per heavy atom. The van der Waals surface area contributed by atoms with E-state index in [1.165, 1.54) is 0 Å². The third-order valence-electron chi connectivity index (χ3n) is 1.70. The van der Waals surface area contributed by atoms with Gasteiger partial charge in [-0.2, -0.15) is 0 Å². The average molecular weight is 201 g/mol. The second-order valence-electron chi connectivity index (χ2n) is 3.06. The van der Waals surface area contributed by atoms with Crippen molar-refractivity contribution in [2.75, 3.05) is 18.5 Å². The van der Waals surface area contributed by atoms with E-state index in [-0.39, 0.29) is 6.10 Å². The van der Waals surface area contributed by atoms with Crippen molar-refractivity contribution in [3.05, 3.63) is 23.5 Å². The van der Waals surface area contributed by atoms with Crippen LogP contribution >= 0.6 is 11.6 Å². The lowest BCUT2D eigenvalue weighted by Gasteiger charge is -2.21.